The fourth-order valence-corrected chi connectivity index (χ4v) is 2.95. The number of halogens is 1. The van der Waals surface area contributed by atoms with Crippen LogP contribution < -0.4 is 5.32 Å². The predicted molar refractivity (Wildman–Crippen MR) is 79.3 cm³/mol. The Labute approximate surface area is 116 Å². The Bertz CT molecular complexity index is 356. The van der Waals surface area contributed by atoms with Gasteiger partial charge in [0.15, 0.2) is 0 Å². The van der Waals surface area contributed by atoms with Gasteiger partial charge in [-0.3, -0.25) is 0 Å². The van der Waals surface area contributed by atoms with Gasteiger partial charge in [0, 0.05) is 17.0 Å². The molecule has 1 aromatic carbocycles. The predicted octanol–water partition coefficient (Wildman–Crippen LogP) is 4.61. The number of hydrogen-bond donors (Lipinski definition) is 1. The van der Waals surface area contributed by atoms with Crippen molar-refractivity contribution in [3.05, 3.63) is 34.9 Å². The molecular weight excluding hydrogens is 242 g/mol. The molecule has 2 unspecified atom stereocenters. The molecule has 2 atom stereocenters. The zero-order valence-corrected chi connectivity index (χ0v) is 12.2. The van der Waals surface area contributed by atoms with Gasteiger partial charge in [0.25, 0.3) is 0 Å². The molecule has 0 amide bonds. The number of benzene rings is 1. The standard InChI is InChI=1S/C16H24ClN/c1-3-11-18-15(4-2)16(12-5-6-12)13-7-9-14(17)10-8-13/h7-10,12,15-16,18H,3-6,11H2,1-2H3. The Morgan fingerprint density at radius 2 is 1.89 bits per heavy atom. The van der Waals surface area contributed by atoms with Gasteiger partial charge in [-0.15, -0.1) is 0 Å². The van der Waals surface area contributed by atoms with E-state index in [2.05, 4.69) is 31.3 Å². The third-order valence-electron chi connectivity index (χ3n) is 3.91. The van der Waals surface area contributed by atoms with Crippen molar-refractivity contribution in [1.82, 2.24) is 5.32 Å². The molecule has 0 bridgehead atoms. The Kier molecular flexibility index (Phi) is 5.08. The summed E-state index contributed by atoms with van der Waals surface area (Å²) in [6, 6.07) is 9.08. The number of rotatable bonds is 7. The van der Waals surface area contributed by atoms with Crippen LogP contribution in [-0.2, 0) is 0 Å². The summed E-state index contributed by atoms with van der Waals surface area (Å²) in [5, 5.41) is 4.56. The molecule has 2 rings (SSSR count). The van der Waals surface area contributed by atoms with Crippen LogP contribution in [0.5, 0.6) is 0 Å². The summed E-state index contributed by atoms with van der Waals surface area (Å²) in [6.07, 6.45) is 5.17. The molecular formula is C16H24ClN. The zero-order chi connectivity index (χ0) is 13.0. The van der Waals surface area contributed by atoms with E-state index in [0.717, 1.165) is 17.5 Å². The Morgan fingerprint density at radius 3 is 2.39 bits per heavy atom. The van der Waals surface area contributed by atoms with Crippen molar-refractivity contribution in [1.29, 1.82) is 0 Å². The molecule has 18 heavy (non-hydrogen) atoms. The molecule has 2 heteroatoms. The normalized spacial score (nSPS) is 18.6. The average molecular weight is 266 g/mol. The van der Waals surface area contributed by atoms with Gasteiger partial charge in [0.05, 0.1) is 0 Å². The molecule has 1 N–H and O–H groups in total. The van der Waals surface area contributed by atoms with Gasteiger partial charge in [-0.1, -0.05) is 37.6 Å². The lowest BCUT2D eigenvalue weighted by Crippen LogP contribution is -2.36. The van der Waals surface area contributed by atoms with Crippen LogP contribution in [0.15, 0.2) is 24.3 Å². The quantitative estimate of drug-likeness (QED) is 0.759. The highest BCUT2D eigenvalue weighted by atomic mass is 35.5. The van der Waals surface area contributed by atoms with Crippen LogP contribution in [0.25, 0.3) is 0 Å². The molecule has 0 spiro atoms. The lowest BCUT2D eigenvalue weighted by atomic mass is 9.85. The molecule has 0 saturated heterocycles. The van der Waals surface area contributed by atoms with Gasteiger partial charge in [-0.05, 0) is 55.8 Å². The minimum atomic E-state index is 0.610. The molecule has 1 aliphatic carbocycles. The Hall–Kier alpha value is -0.530. The summed E-state index contributed by atoms with van der Waals surface area (Å²) in [4.78, 5) is 0. The monoisotopic (exact) mass is 265 g/mol. The molecule has 100 valence electrons. The highest BCUT2D eigenvalue weighted by molar-refractivity contribution is 6.30. The summed E-state index contributed by atoms with van der Waals surface area (Å²) in [6.45, 7) is 5.64. The maximum Gasteiger partial charge on any atom is 0.0406 e. The maximum atomic E-state index is 5.99. The highest BCUT2D eigenvalue weighted by Crippen LogP contribution is 2.45. The number of nitrogens with one attached hydrogen (secondary N) is 1. The van der Waals surface area contributed by atoms with E-state index in [9.17, 15) is 0 Å². The van der Waals surface area contributed by atoms with Crippen molar-refractivity contribution in [3.8, 4) is 0 Å². The minimum absolute atomic E-state index is 0.610. The van der Waals surface area contributed by atoms with E-state index in [1.807, 2.05) is 12.1 Å². The van der Waals surface area contributed by atoms with Gasteiger partial charge in [0.2, 0.25) is 0 Å². The van der Waals surface area contributed by atoms with Crippen molar-refractivity contribution >= 4 is 11.6 Å². The van der Waals surface area contributed by atoms with Crippen LogP contribution >= 0.6 is 11.6 Å². The first-order valence-corrected chi connectivity index (χ1v) is 7.62. The van der Waals surface area contributed by atoms with E-state index in [1.165, 1.54) is 31.2 Å². The lowest BCUT2D eigenvalue weighted by molar-refractivity contribution is 0.390. The third-order valence-corrected chi connectivity index (χ3v) is 4.17. The second-order valence-electron chi connectivity index (χ2n) is 5.38. The summed E-state index contributed by atoms with van der Waals surface area (Å²) in [7, 11) is 0. The second-order valence-corrected chi connectivity index (χ2v) is 5.82. The molecule has 1 nitrogen and oxygen atoms in total. The van der Waals surface area contributed by atoms with Gasteiger partial charge in [-0.25, -0.2) is 0 Å². The third kappa shape index (κ3) is 3.49. The largest absolute Gasteiger partial charge is 0.313 e. The van der Waals surface area contributed by atoms with E-state index >= 15 is 0 Å². The fourth-order valence-electron chi connectivity index (χ4n) is 2.83. The molecule has 1 aromatic rings. The van der Waals surface area contributed by atoms with E-state index < -0.39 is 0 Å². The SMILES string of the molecule is CCCNC(CC)C(c1ccc(Cl)cc1)C1CC1. The maximum absolute atomic E-state index is 5.99. The minimum Gasteiger partial charge on any atom is -0.313 e. The second kappa shape index (κ2) is 6.58. The first-order chi connectivity index (χ1) is 8.76. The van der Waals surface area contributed by atoms with E-state index in [0.29, 0.717) is 12.0 Å². The van der Waals surface area contributed by atoms with Crippen LogP contribution in [0.3, 0.4) is 0 Å². The smallest absolute Gasteiger partial charge is 0.0406 e. The summed E-state index contributed by atoms with van der Waals surface area (Å²) >= 11 is 5.99. The Balaban J connectivity index is 2.13. The van der Waals surface area contributed by atoms with Crippen molar-refractivity contribution < 1.29 is 0 Å². The van der Waals surface area contributed by atoms with E-state index in [1.54, 1.807) is 0 Å². The first-order valence-electron chi connectivity index (χ1n) is 7.25. The van der Waals surface area contributed by atoms with Crippen molar-refractivity contribution in [3.63, 3.8) is 0 Å². The van der Waals surface area contributed by atoms with Crippen molar-refractivity contribution in [2.45, 2.75) is 51.5 Å². The van der Waals surface area contributed by atoms with Crippen LogP contribution in [0, 0.1) is 5.92 Å². The Morgan fingerprint density at radius 1 is 1.22 bits per heavy atom. The van der Waals surface area contributed by atoms with Crippen molar-refractivity contribution in [2.75, 3.05) is 6.54 Å². The molecule has 0 aromatic heterocycles. The van der Waals surface area contributed by atoms with Crippen LogP contribution in [-0.4, -0.2) is 12.6 Å². The topological polar surface area (TPSA) is 12.0 Å². The number of hydrogen-bond acceptors (Lipinski definition) is 1. The van der Waals surface area contributed by atoms with Gasteiger partial charge in [0.1, 0.15) is 0 Å². The van der Waals surface area contributed by atoms with Gasteiger partial charge < -0.3 is 5.32 Å². The van der Waals surface area contributed by atoms with Gasteiger partial charge in [-0.2, -0.15) is 0 Å². The zero-order valence-electron chi connectivity index (χ0n) is 11.5. The molecule has 1 saturated carbocycles. The van der Waals surface area contributed by atoms with Crippen LogP contribution in [0.2, 0.25) is 5.02 Å². The molecule has 0 radical (unpaired) electrons. The summed E-state index contributed by atoms with van der Waals surface area (Å²) < 4.78 is 0. The molecule has 1 aliphatic rings. The first kappa shape index (κ1) is 13.9. The summed E-state index contributed by atoms with van der Waals surface area (Å²) in [5.41, 5.74) is 1.46. The van der Waals surface area contributed by atoms with Crippen LogP contribution in [0.4, 0.5) is 0 Å². The van der Waals surface area contributed by atoms with E-state index in [4.69, 9.17) is 11.6 Å². The molecule has 0 heterocycles. The molecule has 0 aliphatic heterocycles. The van der Waals surface area contributed by atoms with Crippen molar-refractivity contribution in [2.24, 2.45) is 5.92 Å². The lowest BCUT2D eigenvalue weighted by Gasteiger charge is -2.28. The highest BCUT2D eigenvalue weighted by Gasteiger charge is 2.36. The van der Waals surface area contributed by atoms with E-state index in [-0.39, 0.29) is 0 Å². The van der Waals surface area contributed by atoms with Gasteiger partial charge >= 0.3 is 0 Å². The fraction of sp³-hybridized carbons (Fsp3) is 0.625. The summed E-state index contributed by atoms with van der Waals surface area (Å²) in [5.74, 6) is 1.54. The molecule has 1 fully saturated rings. The van der Waals surface area contributed by atoms with Crippen LogP contribution in [0.1, 0.15) is 51.0 Å². The average Bonchev–Trinajstić information content (AvgIpc) is 3.20.